The number of aryl methyl sites for hydroxylation is 2. The first-order chi connectivity index (χ1) is 13.7. The van der Waals surface area contributed by atoms with Crippen molar-refractivity contribution in [2.75, 3.05) is 13.1 Å². The number of hydrogen-bond donors (Lipinski definition) is 0. The molecule has 3 rings (SSSR count). The molecule has 3 aromatic rings. The number of carbonyl (C=O) groups is 1. The van der Waals surface area contributed by atoms with Crippen LogP contribution in [0.1, 0.15) is 36.8 Å². The van der Waals surface area contributed by atoms with Gasteiger partial charge in [-0.2, -0.15) is 4.98 Å². The summed E-state index contributed by atoms with van der Waals surface area (Å²) in [6, 6.07) is 18.1. The fourth-order valence-corrected chi connectivity index (χ4v) is 3.17. The third-order valence-corrected chi connectivity index (χ3v) is 4.66. The molecule has 0 atom stereocenters. The predicted molar refractivity (Wildman–Crippen MR) is 110 cm³/mol. The Balaban J connectivity index is 1.56. The van der Waals surface area contributed by atoms with E-state index >= 15 is 0 Å². The highest BCUT2D eigenvalue weighted by molar-refractivity contribution is 5.76. The first-order valence-electron chi connectivity index (χ1n) is 9.87. The maximum Gasteiger partial charge on any atom is 0.228 e. The van der Waals surface area contributed by atoms with Gasteiger partial charge in [0, 0.05) is 31.5 Å². The Morgan fingerprint density at radius 1 is 1.04 bits per heavy atom. The molecule has 0 saturated carbocycles. The first kappa shape index (κ1) is 19.8. The van der Waals surface area contributed by atoms with E-state index in [4.69, 9.17) is 4.52 Å². The van der Waals surface area contributed by atoms with E-state index in [0.29, 0.717) is 31.1 Å². The zero-order valence-corrected chi connectivity index (χ0v) is 16.6. The topological polar surface area (TPSA) is 59.2 Å². The van der Waals surface area contributed by atoms with E-state index in [-0.39, 0.29) is 5.91 Å². The summed E-state index contributed by atoms with van der Waals surface area (Å²) in [4.78, 5) is 19.0. The summed E-state index contributed by atoms with van der Waals surface area (Å²) in [7, 11) is 0. The smallest absolute Gasteiger partial charge is 0.228 e. The van der Waals surface area contributed by atoms with Gasteiger partial charge in [0.1, 0.15) is 0 Å². The van der Waals surface area contributed by atoms with Gasteiger partial charge in [-0.25, -0.2) is 0 Å². The summed E-state index contributed by atoms with van der Waals surface area (Å²) >= 11 is 0. The molecule has 0 saturated heterocycles. The normalized spacial score (nSPS) is 10.8. The van der Waals surface area contributed by atoms with Gasteiger partial charge in [0.05, 0.1) is 0 Å². The molecule has 0 radical (unpaired) electrons. The van der Waals surface area contributed by atoms with E-state index in [9.17, 15) is 4.79 Å². The fourth-order valence-electron chi connectivity index (χ4n) is 3.17. The Hall–Kier alpha value is -2.95. The van der Waals surface area contributed by atoms with Crippen molar-refractivity contribution < 1.29 is 9.32 Å². The van der Waals surface area contributed by atoms with E-state index in [1.165, 1.54) is 5.56 Å². The van der Waals surface area contributed by atoms with Gasteiger partial charge in [-0.15, -0.1) is 0 Å². The van der Waals surface area contributed by atoms with Crippen LogP contribution >= 0.6 is 0 Å². The highest BCUT2D eigenvalue weighted by atomic mass is 16.5. The van der Waals surface area contributed by atoms with Crippen molar-refractivity contribution in [3.63, 3.8) is 0 Å². The Bertz CT molecular complexity index is 890. The molecular weight excluding hydrogens is 350 g/mol. The number of aromatic nitrogens is 2. The van der Waals surface area contributed by atoms with Crippen molar-refractivity contribution in [2.45, 2.75) is 39.5 Å². The zero-order valence-electron chi connectivity index (χ0n) is 16.6. The Kier molecular flexibility index (Phi) is 6.95. The van der Waals surface area contributed by atoms with Crippen LogP contribution in [-0.2, 0) is 17.6 Å². The molecule has 0 bridgehead atoms. The van der Waals surface area contributed by atoms with Gasteiger partial charge in [-0.1, -0.05) is 66.2 Å². The lowest BCUT2D eigenvalue weighted by atomic mass is 10.1. The highest BCUT2D eigenvalue weighted by Crippen LogP contribution is 2.17. The van der Waals surface area contributed by atoms with Crippen LogP contribution in [0.2, 0.25) is 0 Å². The molecule has 0 N–H and O–H groups in total. The minimum atomic E-state index is 0.170. The summed E-state index contributed by atoms with van der Waals surface area (Å²) in [6.45, 7) is 5.46. The Morgan fingerprint density at radius 3 is 2.61 bits per heavy atom. The number of carbonyl (C=O) groups excluding carboxylic acids is 1. The molecule has 2 aromatic carbocycles. The molecule has 1 aromatic heterocycles. The molecule has 0 spiro atoms. The molecule has 1 heterocycles. The summed E-state index contributed by atoms with van der Waals surface area (Å²) in [6.07, 6.45) is 2.77. The number of hydrogen-bond acceptors (Lipinski definition) is 4. The molecule has 28 heavy (non-hydrogen) atoms. The van der Waals surface area contributed by atoms with Gasteiger partial charge in [-0.3, -0.25) is 4.79 Å². The molecule has 0 aliphatic carbocycles. The lowest BCUT2D eigenvalue weighted by Gasteiger charge is -2.21. The molecule has 5 nitrogen and oxygen atoms in total. The minimum Gasteiger partial charge on any atom is -0.342 e. The third kappa shape index (κ3) is 5.52. The quantitative estimate of drug-likeness (QED) is 0.552. The number of nitrogens with zero attached hydrogens (tertiary/aromatic N) is 3. The van der Waals surface area contributed by atoms with Crippen LogP contribution in [0.25, 0.3) is 11.4 Å². The van der Waals surface area contributed by atoms with Gasteiger partial charge < -0.3 is 9.42 Å². The summed E-state index contributed by atoms with van der Waals surface area (Å²) < 4.78 is 5.40. The molecule has 5 heteroatoms. The van der Waals surface area contributed by atoms with Crippen molar-refractivity contribution in [3.05, 3.63) is 71.6 Å². The van der Waals surface area contributed by atoms with Gasteiger partial charge >= 0.3 is 0 Å². The average Bonchev–Trinajstić information content (AvgIpc) is 3.19. The SMILES string of the molecule is CCCN(CCc1nc(-c2cccc(C)c2)no1)C(=O)CCc1ccccc1. The Morgan fingerprint density at radius 2 is 1.86 bits per heavy atom. The van der Waals surface area contributed by atoms with Gasteiger partial charge in [0.2, 0.25) is 17.6 Å². The lowest BCUT2D eigenvalue weighted by molar-refractivity contribution is -0.131. The van der Waals surface area contributed by atoms with Crippen LogP contribution in [0.15, 0.2) is 59.1 Å². The largest absolute Gasteiger partial charge is 0.342 e. The molecule has 0 fully saturated rings. The van der Waals surface area contributed by atoms with Gasteiger partial charge in [0.15, 0.2) is 0 Å². The Labute approximate surface area is 166 Å². The molecule has 146 valence electrons. The highest BCUT2D eigenvalue weighted by Gasteiger charge is 2.15. The van der Waals surface area contributed by atoms with Crippen molar-refractivity contribution in [1.82, 2.24) is 15.0 Å². The van der Waals surface area contributed by atoms with Crippen LogP contribution in [0.3, 0.4) is 0 Å². The van der Waals surface area contributed by atoms with Crippen LogP contribution in [0.5, 0.6) is 0 Å². The van der Waals surface area contributed by atoms with E-state index in [2.05, 4.69) is 29.2 Å². The van der Waals surface area contributed by atoms with Gasteiger partial charge in [0.25, 0.3) is 0 Å². The molecular formula is C23H27N3O2. The minimum absolute atomic E-state index is 0.170. The summed E-state index contributed by atoms with van der Waals surface area (Å²) in [5, 5.41) is 4.08. The summed E-state index contributed by atoms with van der Waals surface area (Å²) in [5.74, 6) is 1.33. The molecule has 0 aliphatic rings. The second-order valence-corrected chi connectivity index (χ2v) is 7.00. The summed E-state index contributed by atoms with van der Waals surface area (Å²) in [5.41, 5.74) is 3.29. The van der Waals surface area contributed by atoms with Crippen LogP contribution < -0.4 is 0 Å². The van der Waals surface area contributed by atoms with Crippen LogP contribution in [0, 0.1) is 6.92 Å². The van der Waals surface area contributed by atoms with Crippen molar-refractivity contribution in [3.8, 4) is 11.4 Å². The van der Waals surface area contributed by atoms with E-state index in [1.807, 2.05) is 54.3 Å². The average molecular weight is 377 g/mol. The molecule has 1 amide bonds. The first-order valence-corrected chi connectivity index (χ1v) is 9.87. The standard InChI is InChI=1S/C23H27N3O2/c1-3-15-26(22(27)13-12-19-9-5-4-6-10-19)16-14-21-24-23(25-28-21)20-11-7-8-18(2)17-20/h4-11,17H,3,12-16H2,1-2H3. The zero-order chi connectivity index (χ0) is 19.8. The second kappa shape index (κ2) is 9.83. The van der Waals surface area contributed by atoms with Crippen molar-refractivity contribution in [2.24, 2.45) is 0 Å². The number of benzene rings is 2. The van der Waals surface area contributed by atoms with Crippen molar-refractivity contribution in [1.29, 1.82) is 0 Å². The fraction of sp³-hybridized carbons (Fsp3) is 0.348. The number of amides is 1. The number of rotatable bonds is 9. The monoisotopic (exact) mass is 377 g/mol. The molecule has 0 unspecified atom stereocenters. The van der Waals surface area contributed by atoms with E-state index in [1.54, 1.807) is 0 Å². The third-order valence-electron chi connectivity index (χ3n) is 4.66. The maximum absolute atomic E-state index is 12.7. The van der Waals surface area contributed by atoms with Crippen LogP contribution in [0.4, 0.5) is 0 Å². The lowest BCUT2D eigenvalue weighted by Crippen LogP contribution is -2.33. The van der Waals surface area contributed by atoms with E-state index < -0.39 is 0 Å². The van der Waals surface area contributed by atoms with E-state index in [0.717, 1.165) is 30.5 Å². The van der Waals surface area contributed by atoms with Gasteiger partial charge in [-0.05, 0) is 31.4 Å². The molecule has 0 aliphatic heterocycles. The predicted octanol–water partition coefficient (Wildman–Crippen LogP) is 4.46. The maximum atomic E-state index is 12.7. The van der Waals surface area contributed by atoms with Crippen LogP contribution in [-0.4, -0.2) is 34.0 Å². The second-order valence-electron chi connectivity index (χ2n) is 7.00. The van der Waals surface area contributed by atoms with Crippen molar-refractivity contribution >= 4 is 5.91 Å².